The van der Waals surface area contributed by atoms with Crippen LogP contribution in [0.1, 0.15) is 27.7 Å². The standard InChI is InChI=1S/C19H26N2O6/c1-18(2)23-10-12(25-18)14-13(15-16(24-14)27-19(3,4)26-15)21-17(22)20-11-8-6-5-7-9-11/h5-9,12-16H,10H2,1-4H3,(H2,20,21,22)/t12-,13-,14-,15-,16-/m1/s1. The molecule has 148 valence electrons. The molecule has 0 saturated carbocycles. The second-order valence-electron chi connectivity index (χ2n) is 7.93. The summed E-state index contributed by atoms with van der Waals surface area (Å²) < 4.78 is 29.5. The Morgan fingerprint density at radius 2 is 1.74 bits per heavy atom. The van der Waals surface area contributed by atoms with Crippen molar-refractivity contribution >= 4 is 11.7 Å². The normalized spacial score (nSPS) is 36.4. The Kier molecular flexibility index (Phi) is 4.64. The fraction of sp³-hybridized carbons (Fsp3) is 0.632. The first kappa shape index (κ1) is 18.6. The first-order chi connectivity index (χ1) is 12.7. The van der Waals surface area contributed by atoms with Gasteiger partial charge in [0, 0.05) is 5.69 Å². The van der Waals surface area contributed by atoms with Crippen molar-refractivity contribution < 1.29 is 28.5 Å². The summed E-state index contributed by atoms with van der Waals surface area (Å²) in [6.45, 7) is 7.72. The number of urea groups is 1. The quantitative estimate of drug-likeness (QED) is 0.839. The molecule has 1 aromatic carbocycles. The van der Waals surface area contributed by atoms with E-state index in [-0.39, 0.29) is 12.1 Å². The average Bonchev–Trinajstić information content (AvgIpc) is 3.19. The largest absolute Gasteiger partial charge is 0.348 e. The van der Waals surface area contributed by atoms with E-state index in [4.69, 9.17) is 23.7 Å². The summed E-state index contributed by atoms with van der Waals surface area (Å²) in [6.07, 6.45) is -1.78. The third-order valence-electron chi connectivity index (χ3n) is 4.81. The zero-order valence-electron chi connectivity index (χ0n) is 15.9. The van der Waals surface area contributed by atoms with Gasteiger partial charge >= 0.3 is 6.03 Å². The lowest BCUT2D eigenvalue weighted by Crippen LogP contribution is -2.53. The smallest absolute Gasteiger partial charge is 0.319 e. The molecule has 3 fully saturated rings. The SMILES string of the molecule is CC1(C)O[C@H]2O[C@H]([C@H]3COC(C)(C)O3)[C@@H](NC(=O)Nc3ccccc3)[C@H]2O1. The maximum Gasteiger partial charge on any atom is 0.319 e. The van der Waals surface area contributed by atoms with E-state index < -0.39 is 36.1 Å². The number of anilines is 1. The minimum Gasteiger partial charge on any atom is -0.348 e. The average molecular weight is 378 g/mol. The molecule has 4 rings (SSSR count). The van der Waals surface area contributed by atoms with Crippen molar-refractivity contribution in [2.75, 3.05) is 11.9 Å². The summed E-state index contributed by atoms with van der Waals surface area (Å²) in [5.74, 6) is -1.47. The second-order valence-corrected chi connectivity index (χ2v) is 7.93. The predicted molar refractivity (Wildman–Crippen MR) is 96.0 cm³/mol. The summed E-state index contributed by atoms with van der Waals surface area (Å²) in [4.78, 5) is 12.6. The molecule has 3 aliphatic heterocycles. The third-order valence-corrected chi connectivity index (χ3v) is 4.81. The number of rotatable bonds is 3. The molecule has 3 saturated heterocycles. The lowest BCUT2D eigenvalue weighted by Gasteiger charge is -2.29. The Hall–Kier alpha value is -1.71. The van der Waals surface area contributed by atoms with Crippen LogP contribution in [-0.2, 0) is 23.7 Å². The van der Waals surface area contributed by atoms with Gasteiger partial charge in [0.1, 0.15) is 18.3 Å². The molecule has 0 bridgehead atoms. The van der Waals surface area contributed by atoms with Gasteiger partial charge in [-0.25, -0.2) is 4.79 Å². The summed E-state index contributed by atoms with van der Waals surface area (Å²) in [5, 5.41) is 5.80. The molecule has 0 spiro atoms. The molecular formula is C19H26N2O6. The number of nitrogens with one attached hydrogen (secondary N) is 2. The van der Waals surface area contributed by atoms with Crippen LogP contribution in [0.2, 0.25) is 0 Å². The number of hydrogen-bond donors (Lipinski definition) is 2. The molecule has 3 aliphatic rings. The Morgan fingerprint density at radius 1 is 1.00 bits per heavy atom. The summed E-state index contributed by atoms with van der Waals surface area (Å²) in [7, 11) is 0. The van der Waals surface area contributed by atoms with Crippen LogP contribution in [0.5, 0.6) is 0 Å². The van der Waals surface area contributed by atoms with E-state index in [1.54, 1.807) is 0 Å². The van der Waals surface area contributed by atoms with Crippen LogP contribution in [0.25, 0.3) is 0 Å². The minimum absolute atomic E-state index is 0.331. The fourth-order valence-electron chi connectivity index (χ4n) is 3.73. The van der Waals surface area contributed by atoms with E-state index >= 15 is 0 Å². The lowest BCUT2D eigenvalue weighted by atomic mass is 10.0. The predicted octanol–water partition coefficient (Wildman–Crippen LogP) is 2.20. The second kappa shape index (κ2) is 6.72. The van der Waals surface area contributed by atoms with Crippen molar-refractivity contribution in [2.45, 2.75) is 69.9 Å². The van der Waals surface area contributed by atoms with Crippen LogP contribution < -0.4 is 10.6 Å². The van der Waals surface area contributed by atoms with Gasteiger partial charge in [0.05, 0.1) is 12.6 Å². The molecule has 2 amide bonds. The number of ether oxygens (including phenoxy) is 5. The Labute approximate surface area is 158 Å². The van der Waals surface area contributed by atoms with Gasteiger partial charge in [0.25, 0.3) is 0 Å². The van der Waals surface area contributed by atoms with Gasteiger partial charge in [-0.05, 0) is 39.8 Å². The van der Waals surface area contributed by atoms with Crippen molar-refractivity contribution in [3.8, 4) is 0 Å². The highest BCUT2D eigenvalue weighted by molar-refractivity contribution is 5.89. The van der Waals surface area contributed by atoms with Gasteiger partial charge in [-0.1, -0.05) is 18.2 Å². The molecule has 27 heavy (non-hydrogen) atoms. The Morgan fingerprint density at radius 3 is 2.41 bits per heavy atom. The van der Waals surface area contributed by atoms with Crippen LogP contribution in [-0.4, -0.2) is 54.9 Å². The van der Waals surface area contributed by atoms with E-state index in [9.17, 15) is 4.79 Å². The highest BCUT2D eigenvalue weighted by atomic mass is 16.8. The van der Waals surface area contributed by atoms with Crippen LogP contribution in [0.15, 0.2) is 30.3 Å². The molecule has 8 heteroatoms. The van der Waals surface area contributed by atoms with Gasteiger partial charge < -0.3 is 34.3 Å². The number of fused-ring (bicyclic) bond motifs is 1. The van der Waals surface area contributed by atoms with Crippen LogP contribution in [0.3, 0.4) is 0 Å². The molecule has 2 N–H and O–H groups in total. The van der Waals surface area contributed by atoms with E-state index in [1.165, 1.54) is 0 Å². The number of benzene rings is 1. The third kappa shape index (κ3) is 3.95. The molecular weight excluding hydrogens is 352 g/mol. The molecule has 3 heterocycles. The maximum atomic E-state index is 12.6. The van der Waals surface area contributed by atoms with E-state index in [0.29, 0.717) is 12.3 Å². The topological polar surface area (TPSA) is 87.3 Å². The first-order valence-corrected chi connectivity index (χ1v) is 9.18. The molecule has 5 atom stereocenters. The zero-order chi connectivity index (χ0) is 19.2. The van der Waals surface area contributed by atoms with Crippen molar-refractivity contribution in [1.82, 2.24) is 5.32 Å². The van der Waals surface area contributed by atoms with Gasteiger partial charge in [-0.15, -0.1) is 0 Å². The minimum atomic E-state index is -0.775. The number of hydrogen-bond acceptors (Lipinski definition) is 6. The Balaban J connectivity index is 1.49. The number of amides is 2. The van der Waals surface area contributed by atoms with E-state index in [1.807, 2.05) is 58.0 Å². The molecule has 0 aliphatic carbocycles. The van der Waals surface area contributed by atoms with E-state index in [0.717, 1.165) is 0 Å². The maximum absolute atomic E-state index is 12.6. The molecule has 8 nitrogen and oxygen atoms in total. The highest BCUT2D eigenvalue weighted by Crippen LogP contribution is 2.40. The van der Waals surface area contributed by atoms with Crippen molar-refractivity contribution in [3.05, 3.63) is 30.3 Å². The van der Waals surface area contributed by atoms with E-state index in [2.05, 4.69) is 10.6 Å². The van der Waals surface area contributed by atoms with Crippen LogP contribution in [0.4, 0.5) is 10.5 Å². The highest BCUT2D eigenvalue weighted by Gasteiger charge is 2.58. The van der Waals surface area contributed by atoms with Gasteiger partial charge in [-0.2, -0.15) is 0 Å². The van der Waals surface area contributed by atoms with Gasteiger partial charge in [0.15, 0.2) is 17.9 Å². The summed E-state index contributed by atoms with van der Waals surface area (Å²) in [5.41, 5.74) is 0.701. The van der Waals surface area contributed by atoms with Gasteiger partial charge in [0.2, 0.25) is 0 Å². The first-order valence-electron chi connectivity index (χ1n) is 9.18. The molecule has 0 radical (unpaired) electrons. The monoisotopic (exact) mass is 378 g/mol. The molecule has 0 aromatic heterocycles. The van der Waals surface area contributed by atoms with Crippen molar-refractivity contribution in [2.24, 2.45) is 0 Å². The summed E-state index contributed by atoms with van der Waals surface area (Å²) >= 11 is 0. The Bertz CT molecular complexity index is 695. The van der Waals surface area contributed by atoms with Crippen molar-refractivity contribution in [1.29, 1.82) is 0 Å². The molecule has 0 unspecified atom stereocenters. The number of carbonyl (C=O) groups is 1. The number of carbonyl (C=O) groups excluding carboxylic acids is 1. The molecule has 1 aromatic rings. The van der Waals surface area contributed by atoms with Crippen LogP contribution >= 0.6 is 0 Å². The van der Waals surface area contributed by atoms with Gasteiger partial charge in [-0.3, -0.25) is 0 Å². The summed E-state index contributed by atoms with van der Waals surface area (Å²) in [6, 6.07) is 8.46. The zero-order valence-corrected chi connectivity index (χ0v) is 15.9. The van der Waals surface area contributed by atoms with Crippen molar-refractivity contribution in [3.63, 3.8) is 0 Å². The number of para-hydroxylation sites is 1. The lowest BCUT2D eigenvalue weighted by molar-refractivity contribution is -0.223. The fourth-order valence-corrected chi connectivity index (χ4v) is 3.73. The van der Waals surface area contributed by atoms with Crippen LogP contribution in [0, 0.1) is 0 Å².